The molecule has 0 radical (unpaired) electrons. The Labute approximate surface area is 104 Å². The number of carboxylic acid groups (broad SMARTS) is 3. The van der Waals surface area contributed by atoms with Gasteiger partial charge < -0.3 is 15.3 Å². The summed E-state index contributed by atoms with van der Waals surface area (Å²) in [5.74, 6) is -4.49. The van der Waals surface area contributed by atoms with Crippen molar-refractivity contribution >= 4 is 30.5 Å². The molecule has 0 rings (SSSR count). The number of rotatable bonds is 9. The molecule has 0 aromatic rings. The molecular formula is C10H16O6S. The van der Waals surface area contributed by atoms with Gasteiger partial charge in [-0.2, -0.15) is 12.6 Å². The number of carboxylic acids is 3. The lowest BCUT2D eigenvalue weighted by Crippen LogP contribution is -2.27. The van der Waals surface area contributed by atoms with Crippen LogP contribution < -0.4 is 0 Å². The summed E-state index contributed by atoms with van der Waals surface area (Å²) < 4.78 is 0. The highest BCUT2D eigenvalue weighted by Gasteiger charge is 2.29. The van der Waals surface area contributed by atoms with E-state index in [2.05, 4.69) is 12.6 Å². The monoisotopic (exact) mass is 264 g/mol. The molecule has 2 unspecified atom stereocenters. The lowest BCUT2D eigenvalue weighted by molar-refractivity contribution is -0.146. The minimum absolute atomic E-state index is 0.0591. The van der Waals surface area contributed by atoms with Crippen LogP contribution in [-0.4, -0.2) is 39.0 Å². The normalized spacial score (nSPS) is 13.9. The highest BCUT2D eigenvalue weighted by Crippen LogP contribution is 2.25. The van der Waals surface area contributed by atoms with Gasteiger partial charge in [-0.15, -0.1) is 0 Å². The largest absolute Gasteiger partial charge is 0.481 e. The van der Waals surface area contributed by atoms with Crippen molar-refractivity contribution in [1.29, 1.82) is 0 Å². The maximum atomic E-state index is 11.0. The molecule has 0 aliphatic carbocycles. The summed E-state index contributed by atoms with van der Waals surface area (Å²) in [5, 5.41) is 26.2. The standard InChI is InChI=1S/C10H16O6S/c11-8(12)2-1-7(10(15)16)6(3-4-17)5-9(13)14/h6-7,17H,1-5H2,(H,11,12)(H,13,14)(H,15,16). The van der Waals surface area contributed by atoms with Crippen molar-refractivity contribution in [2.24, 2.45) is 11.8 Å². The van der Waals surface area contributed by atoms with Crippen molar-refractivity contribution < 1.29 is 29.7 Å². The summed E-state index contributed by atoms with van der Waals surface area (Å²) in [6.07, 6.45) is -0.279. The Kier molecular flexibility index (Phi) is 7.36. The molecule has 0 aliphatic rings. The molecule has 6 nitrogen and oxygen atoms in total. The summed E-state index contributed by atoms with van der Waals surface area (Å²) in [4.78, 5) is 32.0. The zero-order valence-corrected chi connectivity index (χ0v) is 10.1. The molecule has 0 saturated heterocycles. The first-order valence-electron chi connectivity index (χ1n) is 5.15. The minimum Gasteiger partial charge on any atom is -0.481 e. The highest BCUT2D eigenvalue weighted by atomic mass is 32.1. The van der Waals surface area contributed by atoms with Gasteiger partial charge in [0.25, 0.3) is 0 Å². The quantitative estimate of drug-likeness (QED) is 0.461. The Morgan fingerprint density at radius 1 is 1.00 bits per heavy atom. The summed E-state index contributed by atoms with van der Waals surface area (Å²) in [6.45, 7) is 0. The number of hydrogen-bond acceptors (Lipinski definition) is 4. The molecule has 0 amide bonds. The van der Waals surface area contributed by atoms with Crippen LogP contribution in [0.25, 0.3) is 0 Å². The number of carbonyl (C=O) groups is 3. The third-order valence-corrected chi connectivity index (χ3v) is 2.75. The molecule has 2 atom stereocenters. The summed E-state index contributed by atoms with van der Waals surface area (Å²) >= 11 is 3.95. The van der Waals surface area contributed by atoms with Gasteiger partial charge >= 0.3 is 17.9 Å². The minimum atomic E-state index is -1.15. The lowest BCUT2D eigenvalue weighted by Gasteiger charge is -2.21. The van der Waals surface area contributed by atoms with E-state index in [1.54, 1.807) is 0 Å². The van der Waals surface area contributed by atoms with Crippen molar-refractivity contribution in [2.75, 3.05) is 5.75 Å². The Morgan fingerprint density at radius 3 is 1.94 bits per heavy atom. The van der Waals surface area contributed by atoms with Crippen molar-refractivity contribution in [3.63, 3.8) is 0 Å². The zero-order valence-electron chi connectivity index (χ0n) is 9.20. The van der Waals surface area contributed by atoms with Crippen LogP contribution in [0.2, 0.25) is 0 Å². The molecule has 0 spiro atoms. The first-order chi connectivity index (χ1) is 7.88. The zero-order chi connectivity index (χ0) is 13.4. The Bertz CT molecular complexity index is 291. The van der Waals surface area contributed by atoms with E-state index in [0.717, 1.165) is 0 Å². The van der Waals surface area contributed by atoms with Gasteiger partial charge in [0, 0.05) is 12.8 Å². The van der Waals surface area contributed by atoms with E-state index in [1.165, 1.54) is 0 Å². The van der Waals surface area contributed by atoms with Crippen LogP contribution in [0.3, 0.4) is 0 Å². The number of hydrogen-bond donors (Lipinski definition) is 4. The van der Waals surface area contributed by atoms with Gasteiger partial charge in [0.2, 0.25) is 0 Å². The SMILES string of the molecule is O=C(O)CCC(C(=O)O)C(CCS)CC(=O)O. The smallest absolute Gasteiger partial charge is 0.306 e. The lowest BCUT2D eigenvalue weighted by atomic mass is 9.84. The topological polar surface area (TPSA) is 112 Å². The molecule has 0 saturated carbocycles. The maximum Gasteiger partial charge on any atom is 0.306 e. The molecular weight excluding hydrogens is 248 g/mol. The van der Waals surface area contributed by atoms with Crippen molar-refractivity contribution in [3.8, 4) is 0 Å². The average Bonchev–Trinajstić information content (AvgIpc) is 2.16. The fourth-order valence-corrected chi connectivity index (χ4v) is 2.01. The van der Waals surface area contributed by atoms with Crippen LogP contribution in [0.1, 0.15) is 25.7 Å². The molecule has 0 aromatic carbocycles. The third kappa shape index (κ3) is 6.83. The molecule has 0 aliphatic heterocycles. The molecule has 0 aromatic heterocycles. The molecule has 17 heavy (non-hydrogen) atoms. The van der Waals surface area contributed by atoms with E-state index in [1.807, 2.05) is 0 Å². The van der Waals surface area contributed by atoms with Gasteiger partial charge in [0.05, 0.1) is 5.92 Å². The Balaban J connectivity index is 4.63. The second kappa shape index (κ2) is 7.94. The van der Waals surface area contributed by atoms with Crippen molar-refractivity contribution in [1.82, 2.24) is 0 Å². The first kappa shape index (κ1) is 15.8. The average molecular weight is 264 g/mol. The maximum absolute atomic E-state index is 11.0. The second-order valence-electron chi connectivity index (χ2n) is 3.75. The number of aliphatic carboxylic acids is 3. The summed E-state index contributed by atoms with van der Waals surface area (Å²) in [6, 6.07) is 0. The van der Waals surface area contributed by atoms with E-state index in [-0.39, 0.29) is 19.3 Å². The van der Waals surface area contributed by atoms with E-state index in [9.17, 15) is 14.4 Å². The summed E-state index contributed by atoms with van der Waals surface area (Å²) in [7, 11) is 0. The Hall–Kier alpha value is -1.24. The van der Waals surface area contributed by atoms with E-state index >= 15 is 0 Å². The predicted octanol–water partition coefficient (Wildman–Crippen LogP) is 0.963. The van der Waals surface area contributed by atoms with Crippen LogP contribution in [0.15, 0.2) is 0 Å². The van der Waals surface area contributed by atoms with Gasteiger partial charge in [0.1, 0.15) is 0 Å². The first-order valence-corrected chi connectivity index (χ1v) is 5.79. The molecule has 0 fully saturated rings. The van der Waals surface area contributed by atoms with Crippen LogP contribution >= 0.6 is 12.6 Å². The van der Waals surface area contributed by atoms with Crippen LogP contribution in [0.4, 0.5) is 0 Å². The second-order valence-corrected chi connectivity index (χ2v) is 4.19. The van der Waals surface area contributed by atoms with Gasteiger partial charge in [-0.25, -0.2) is 0 Å². The Morgan fingerprint density at radius 2 is 1.59 bits per heavy atom. The fourth-order valence-electron chi connectivity index (χ4n) is 1.68. The number of thiol groups is 1. The van der Waals surface area contributed by atoms with Crippen molar-refractivity contribution in [2.45, 2.75) is 25.7 Å². The fraction of sp³-hybridized carbons (Fsp3) is 0.700. The van der Waals surface area contributed by atoms with Gasteiger partial charge in [-0.05, 0) is 24.5 Å². The van der Waals surface area contributed by atoms with Gasteiger partial charge in [-0.3, -0.25) is 14.4 Å². The highest BCUT2D eigenvalue weighted by molar-refractivity contribution is 7.80. The predicted molar refractivity (Wildman–Crippen MR) is 62.2 cm³/mol. The molecule has 0 heterocycles. The van der Waals surface area contributed by atoms with E-state index in [0.29, 0.717) is 12.2 Å². The van der Waals surface area contributed by atoms with Gasteiger partial charge in [-0.1, -0.05) is 0 Å². The summed E-state index contributed by atoms with van der Waals surface area (Å²) in [5.41, 5.74) is 0. The van der Waals surface area contributed by atoms with E-state index in [4.69, 9.17) is 15.3 Å². The molecule has 7 heteroatoms. The third-order valence-electron chi connectivity index (χ3n) is 2.49. The van der Waals surface area contributed by atoms with Crippen LogP contribution in [0.5, 0.6) is 0 Å². The van der Waals surface area contributed by atoms with Crippen LogP contribution in [-0.2, 0) is 14.4 Å². The van der Waals surface area contributed by atoms with E-state index < -0.39 is 29.7 Å². The molecule has 3 N–H and O–H groups in total. The molecule has 0 bridgehead atoms. The van der Waals surface area contributed by atoms with Gasteiger partial charge in [0.15, 0.2) is 0 Å². The van der Waals surface area contributed by atoms with Crippen LogP contribution in [0, 0.1) is 11.8 Å². The van der Waals surface area contributed by atoms with Crippen molar-refractivity contribution in [3.05, 3.63) is 0 Å². The molecule has 98 valence electrons.